The number of ether oxygens (including phenoxy) is 2. The molecule has 4 aromatic rings. The summed E-state index contributed by atoms with van der Waals surface area (Å²) in [6, 6.07) is 3.68. The van der Waals surface area contributed by atoms with Gasteiger partial charge in [-0.15, -0.1) is 0 Å². The van der Waals surface area contributed by atoms with E-state index < -0.39 is 65.7 Å². The van der Waals surface area contributed by atoms with Crippen molar-refractivity contribution in [2.45, 2.75) is 62.6 Å². The van der Waals surface area contributed by atoms with Crippen LogP contribution >= 0.6 is 15.6 Å². The van der Waals surface area contributed by atoms with Crippen LogP contribution in [0.3, 0.4) is 0 Å². The second-order valence-electron chi connectivity index (χ2n) is 11.1. The fourth-order valence-corrected chi connectivity index (χ4v) is 7.82. The Kier molecular flexibility index (Phi) is 11.2. The topological polar surface area (TPSA) is 326 Å². The molecule has 0 aliphatic carbocycles. The molecule has 0 saturated carbocycles. The van der Waals surface area contributed by atoms with E-state index in [-0.39, 0.29) is 61.7 Å². The molecule has 25 heteroatoms. The zero-order chi connectivity index (χ0) is 36.2. The fraction of sp³-hybridized carbons (Fsp3) is 0.538. The summed E-state index contributed by atoms with van der Waals surface area (Å²) in [7, 11) is -9.22. The Morgan fingerprint density at radius 3 is 2.12 bits per heavy atom. The number of nitrogens with zero attached hydrogens (tertiary/aromatic N) is 10. The molecule has 2 fully saturated rings. The van der Waals surface area contributed by atoms with Crippen molar-refractivity contribution in [1.29, 1.82) is 10.5 Å². The van der Waals surface area contributed by atoms with Gasteiger partial charge in [-0.05, 0) is 0 Å². The summed E-state index contributed by atoms with van der Waals surface area (Å²) in [6.07, 6.45) is -1.25. The van der Waals surface area contributed by atoms with E-state index in [1.165, 1.54) is 29.9 Å². The van der Waals surface area contributed by atoms with Gasteiger partial charge in [-0.2, -0.15) is 10.5 Å². The first kappa shape index (κ1) is 36.6. The molecular formula is C26H32N12O11P2. The number of nitriles is 2. The molecule has 23 nitrogen and oxygen atoms in total. The third-order valence-electron chi connectivity index (χ3n) is 7.75. The minimum absolute atomic E-state index is 0.0454. The minimum atomic E-state index is -4.71. The quantitative estimate of drug-likeness (QED) is 0.0924. The van der Waals surface area contributed by atoms with Crippen LogP contribution in [0.15, 0.2) is 25.3 Å². The Morgan fingerprint density at radius 2 is 1.47 bits per heavy atom. The molecule has 272 valence electrons. The van der Waals surface area contributed by atoms with Gasteiger partial charge in [-0.3, -0.25) is 31.8 Å². The molecule has 0 radical (unpaired) electrons. The van der Waals surface area contributed by atoms with E-state index >= 15 is 0 Å². The first-order chi connectivity index (χ1) is 24.5. The van der Waals surface area contributed by atoms with Gasteiger partial charge in [0.2, 0.25) is 0 Å². The van der Waals surface area contributed by atoms with Crippen LogP contribution in [0.25, 0.3) is 22.3 Å². The average Bonchev–Trinajstić information content (AvgIpc) is 3.89. The Labute approximate surface area is 288 Å². The van der Waals surface area contributed by atoms with Crippen molar-refractivity contribution in [3.63, 3.8) is 0 Å². The number of anilines is 2. The van der Waals surface area contributed by atoms with Crippen LogP contribution in [0.1, 0.15) is 38.1 Å². The lowest BCUT2D eigenvalue weighted by molar-refractivity contribution is -0.0579. The van der Waals surface area contributed by atoms with E-state index in [4.69, 9.17) is 54.1 Å². The number of imidazole rings is 2. The number of fused-ring (bicyclic) bond motifs is 2. The molecule has 4 aromatic heterocycles. The zero-order valence-electron chi connectivity index (χ0n) is 26.5. The van der Waals surface area contributed by atoms with Gasteiger partial charge in [-0.1, -0.05) is 0 Å². The second-order valence-corrected chi connectivity index (χ2v) is 14.1. The predicted octanol–water partition coefficient (Wildman–Crippen LogP) is 1.25. The van der Waals surface area contributed by atoms with Crippen molar-refractivity contribution in [3.05, 3.63) is 25.3 Å². The number of hydrogen-bond acceptors (Lipinski definition) is 20. The van der Waals surface area contributed by atoms with Crippen LogP contribution in [0.4, 0.5) is 11.6 Å². The summed E-state index contributed by atoms with van der Waals surface area (Å²) < 4.78 is 69.4. The molecule has 51 heavy (non-hydrogen) atoms. The second kappa shape index (κ2) is 15.6. The van der Waals surface area contributed by atoms with Gasteiger partial charge >= 0.3 is 15.6 Å². The molecular weight excluding hydrogens is 718 g/mol. The van der Waals surface area contributed by atoms with E-state index in [1.807, 2.05) is 6.07 Å². The third-order valence-corrected chi connectivity index (χ3v) is 10.3. The Balaban J connectivity index is 1.19. The molecule has 0 amide bonds. The van der Waals surface area contributed by atoms with Crippen molar-refractivity contribution >= 4 is 49.6 Å². The number of nitrogen functional groups attached to an aromatic ring is 2. The summed E-state index contributed by atoms with van der Waals surface area (Å²) in [5, 5.41) is 28.0. The van der Waals surface area contributed by atoms with Crippen LogP contribution in [0.5, 0.6) is 0 Å². The highest BCUT2D eigenvalue weighted by Crippen LogP contribution is 2.55. The predicted molar refractivity (Wildman–Crippen MR) is 169 cm³/mol. The van der Waals surface area contributed by atoms with E-state index in [0.717, 1.165) is 0 Å². The summed E-state index contributed by atoms with van der Waals surface area (Å²) in [6.45, 7) is -1.68. The SMILES string of the molecule is N#CCCOP(=O)(O)O[C@H]1C[C@@H](COP(=O)(OCCC#N)O[C@@H]2C[C@H](n3cnc4c(N)ncnc43)O[C@@H]2CO)O[C@H]1n1cnc2c(N)ncnc21. The highest BCUT2D eigenvalue weighted by molar-refractivity contribution is 7.48. The highest BCUT2D eigenvalue weighted by Gasteiger charge is 2.46. The molecule has 2 aliphatic rings. The smallest absolute Gasteiger partial charge is 0.394 e. The number of aromatic nitrogens is 8. The number of rotatable bonds is 16. The molecule has 0 aromatic carbocycles. The number of hydrogen-bond donors (Lipinski definition) is 4. The molecule has 0 spiro atoms. The van der Waals surface area contributed by atoms with Crippen molar-refractivity contribution in [1.82, 2.24) is 39.0 Å². The number of phosphoric ester groups is 2. The van der Waals surface area contributed by atoms with Crippen LogP contribution in [0.2, 0.25) is 0 Å². The number of aliphatic hydroxyl groups excluding tert-OH is 1. The van der Waals surface area contributed by atoms with Gasteiger partial charge < -0.3 is 30.9 Å². The van der Waals surface area contributed by atoms with Crippen LogP contribution < -0.4 is 11.5 Å². The maximum Gasteiger partial charge on any atom is 0.475 e. The van der Waals surface area contributed by atoms with Gasteiger partial charge in [0.1, 0.15) is 48.2 Å². The van der Waals surface area contributed by atoms with Crippen molar-refractivity contribution in [2.24, 2.45) is 0 Å². The summed E-state index contributed by atoms with van der Waals surface area (Å²) in [5.41, 5.74) is 13.0. The first-order valence-electron chi connectivity index (χ1n) is 15.3. The van der Waals surface area contributed by atoms with E-state index in [1.54, 1.807) is 10.6 Å². The highest BCUT2D eigenvalue weighted by atomic mass is 31.2. The molecule has 6 rings (SSSR count). The van der Waals surface area contributed by atoms with Crippen molar-refractivity contribution in [3.8, 4) is 12.1 Å². The van der Waals surface area contributed by atoms with Gasteiger partial charge in [0.05, 0.1) is 70.2 Å². The normalized spacial score (nSPS) is 25.8. The summed E-state index contributed by atoms with van der Waals surface area (Å²) >= 11 is 0. The lowest BCUT2D eigenvalue weighted by atomic mass is 10.2. The summed E-state index contributed by atoms with van der Waals surface area (Å²) in [4.78, 5) is 35.1. The minimum Gasteiger partial charge on any atom is -0.394 e. The Hall–Kier alpha value is -4.22. The number of phosphoric acid groups is 2. The first-order valence-corrected chi connectivity index (χ1v) is 18.2. The molecule has 0 bridgehead atoms. The monoisotopic (exact) mass is 750 g/mol. The van der Waals surface area contributed by atoms with Crippen molar-refractivity contribution < 1.29 is 51.2 Å². The third kappa shape index (κ3) is 8.15. The largest absolute Gasteiger partial charge is 0.475 e. The average molecular weight is 751 g/mol. The molecule has 6 heterocycles. The van der Waals surface area contributed by atoms with E-state index in [9.17, 15) is 19.1 Å². The van der Waals surface area contributed by atoms with Gasteiger partial charge in [-0.25, -0.2) is 39.0 Å². The molecule has 2 saturated heterocycles. The lowest BCUT2D eigenvalue weighted by Crippen LogP contribution is -2.28. The van der Waals surface area contributed by atoms with Crippen LogP contribution in [0, 0.1) is 22.7 Å². The van der Waals surface area contributed by atoms with Gasteiger partial charge in [0.25, 0.3) is 0 Å². The molecule has 8 atom stereocenters. The lowest BCUT2D eigenvalue weighted by Gasteiger charge is -2.24. The standard InChI is InChI=1S/C26H32N12O11P2/c27-3-1-5-43-50(40,41)48-17-7-15(46-26(17)38-14-36-21-23(30)32-12-34-25(21)38)10-45-51(42,44-6-2-4-28)49-16-8-19(47-18(16)9-39)37-13-35-20-22(29)31-11-33-24(20)37/h11-19,26,39H,1-2,5-10H2,(H,40,41)(H2,29,31,33)(H2,30,32,34)/t15-,16+,17-,18+,19+,26+,51?/m0/s1. The van der Waals surface area contributed by atoms with E-state index in [2.05, 4.69) is 29.9 Å². The van der Waals surface area contributed by atoms with Gasteiger partial charge in [0, 0.05) is 12.8 Å². The summed E-state index contributed by atoms with van der Waals surface area (Å²) in [5.74, 6) is 0.232. The molecule has 2 aliphatic heterocycles. The maximum atomic E-state index is 14.1. The fourth-order valence-electron chi connectivity index (χ4n) is 5.50. The Bertz CT molecular complexity index is 2040. The van der Waals surface area contributed by atoms with E-state index in [0.29, 0.717) is 11.2 Å². The molecule has 2 unspecified atom stereocenters. The van der Waals surface area contributed by atoms with Crippen molar-refractivity contribution in [2.75, 3.05) is 37.9 Å². The van der Waals surface area contributed by atoms with Crippen LogP contribution in [-0.2, 0) is 41.2 Å². The van der Waals surface area contributed by atoms with Gasteiger partial charge in [0.15, 0.2) is 29.2 Å². The Morgan fingerprint density at radius 1 is 0.843 bits per heavy atom. The molecule has 6 N–H and O–H groups in total. The van der Waals surface area contributed by atoms with Crippen LogP contribution in [-0.4, -0.2) is 99.9 Å². The number of nitrogens with two attached hydrogens (primary N) is 2. The maximum absolute atomic E-state index is 14.1. The number of aliphatic hydroxyl groups is 1. The zero-order valence-corrected chi connectivity index (χ0v) is 28.3.